The van der Waals surface area contributed by atoms with E-state index >= 15 is 0 Å². The van der Waals surface area contributed by atoms with Crippen LogP contribution in [0.2, 0.25) is 0 Å². The maximum Gasteiger partial charge on any atom is 0.282 e. The Hall–Kier alpha value is -3.76. The lowest BCUT2D eigenvalue weighted by atomic mass is 10.2. The summed E-state index contributed by atoms with van der Waals surface area (Å²) in [5, 5.41) is 5.07. The van der Waals surface area contributed by atoms with Crippen LogP contribution in [0.3, 0.4) is 0 Å². The molecule has 0 saturated carbocycles. The van der Waals surface area contributed by atoms with Gasteiger partial charge in [0.05, 0.1) is 30.3 Å². The summed E-state index contributed by atoms with van der Waals surface area (Å²) in [6.07, 6.45) is 2.28. The number of carbonyl (C=O) groups excluding carboxylic acids is 1. The second kappa shape index (κ2) is 11.5. The van der Waals surface area contributed by atoms with E-state index in [1.54, 1.807) is 17.2 Å². The van der Waals surface area contributed by atoms with Crippen molar-refractivity contribution in [1.82, 2.24) is 19.1 Å². The first-order chi connectivity index (χ1) is 18.9. The Balaban J connectivity index is 1.35. The maximum atomic E-state index is 13.2. The molecule has 1 saturated heterocycles. The van der Waals surface area contributed by atoms with Gasteiger partial charge in [-0.05, 0) is 62.4 Å². The van der Waals surface area contributed by atoms with Gasteiger partial charge >= 0.3 is 0 Å². The third-order valence-electron chi connectivity index (χ3n) is 6.80. The zero-order valence-electron chi connectivity index (χ0n) is 22.2. The number of fused-ring (bicyclic) bond motifs is 1. The third kappa shape index (κ3) is 5.67. The van der Waals surface area contributed by atoms with Crippen molar-refractivity contribution in [3.8, 4) is 11.4 Å². The predicted octanol–water partition coefficient (Wildman–Crippen LogP) is 4.25. The maximum absolute atomic E-state index is 13.2. The summed E-state index contributed by atoms with van der Waals surface area (Å²) in [6.45, 7) is 8.32. The van der Waals surface area contributed by atoms with E-state index in [1.165, 1.54) is 4.68 Å². The summed E-state index contributed by atoms with van der Waals surface area (Å²) in [5.74, 6) is 1.19. The molecule has 1 amide bonds. The minimum absolute atomic E-state index is 0.00122. The van der Waals surface area contributed by atoms with Crippen molar-refractivity contribution in [1.29, 1.82) is 0 Å². The van der Waals surface area contributed by atoms with Crippen molar-refractivity contribution in [3.63, 3.8) is 0 Å². The first-order valence-electron chi connectivity index (χ1n) is 12.9. The lowest BCUT2D eigenvalue weighted by molar-refractivity contribution is -0.137. The first kappa shape index (κ1) is 26.8. The number of hydrogen-bond acceptors (Lipinski definition) is 6. The third-order valence-corrected chi connectivity index (χ3v) is 7.29. The Morgan fingerprint density at radius 1 is 1.13 bits per heavy atom. The number of halogens is 1. The summed E-state index contributed by atoms with van der Waals surface area (Å²) < 4.78 is 15.3. The van der Waals surface area contributed by atoms with Gasteiger partial charge in [-0.2, -0.15) is 9.78 Å². The largest absolute Gasteiger partial charge is 0.484 e. The first-order valence-corrected chi connectivity index (χ1v) is 13.7. The van der Waals surface area contributed by atoms with Gasteiger partial charge in [-0.1, -0.05) is 22.9 Å². The van der Waals surface area contributed by atoms with Gasteiger partial charge in [0.2, 0.25) is 0 Å². The van der Waals surface area contributed by atoms with Crippen LogP contribution in [-0.2, 0) is 16.0 Å². The molecule has 0 aliphatic carbocycles. The molecule has 0 radical (unpaired) electrons. The molecular weight excluding hydrogens is 562 g/mol. The zero-order chi connectivity index (χ0) is 27.5. The molecule has 5 rings (SSSR count). The van der Waals surface area contributed by atoms with Crippen LogP contribution >= 0.6 is 15.9 Å². The number of aryl methyl sites for hydroxylation is 2. The number of morpholine rings is 1. The fourth-order valence-electron chi connectivity index (χ4n) is 4.72. The van der Waals surface area contributed by atoms with Gasteiger partial charge in [0.15, 0.2) is 6.61 Å². The molecule has 1 fully saturated rings. The average molecular weight is 592 g/mol. The standard InChI is InChI=1S/C29H30BrN5O4/c1-4-27-32-26-10-5-22(30)16-25(26)29(37)35(27)31-17-21-15-19(2)34(20(21)3)23-6-8-24(9-7-23)39-18-28(36)33-11-13-38-14-12-33/h5-10,15-17H,4,11-14,18H2,1-3H3. The normalized spacial score (nSPS) is 13.9. The van der Waals surface area contributed by atoms with Crippen molar-refractivity contribution in [2.24, 2.45) is 5.10 Å². The number of ether oxygens (including phenoxy) is 2. The number of nitrogens with zero attached hydrogens (tertiary/aromatic N) is 5. The van der Waals surface area contributed by atoms with Crippen LogP contribution in [0.4, 0.5) is 0 Å². The SMILES string of the molecule is CCc1nc2ccc(Br)cc2c(=O)n1N=Cc1cc(C)n(-c2ccc(OCC(=O)N3CCOCC3)cc2)c1C. The Bertz CT molecular complexity index is 1600. The molecule has 10 heteroatoms. The van der Waals surface area contributed by atoms with Crippen LogP contribution in [0.5, 0.6) is 5.75 Å². The van der Waals surface area contributed by atoms with Crippen LogP contribution < -0.4 is 10.3 Å². The highest BCUT2D eigenvalue weighted by atomic mass is 79.9. The second-order valence-electron chi connectivity index (χ2n) is 9.34. The topological polar surface area (TPSA) is 90.9 Å². The molecule has 3 heterocycles. The van der Waals surface area contributed by atoms with E-state index in [4.69, 9.17) is 9.47 Å². The molecule has 4 aromatic rings. The molecular formula is C29H30BrN5O4. The van der Waals surface area contributed by atoms with E-state index in [9.17, 15) is 9.59 Å². The van der Waals surface area contributed by atoms with Crippen LogP contribution in [0.15, 0.2) is 62.9 Å². The molecule has 0 N–H and O–H groups in total. The van der Waals surface area contributed by atoms with Gasteiger partial charge in [-0.25, -0.2) is 4.98 Å². The predicted molar refractivity (Wildman–Crippen MR) is 154 cm³/mol. The van der Waals surface area contributed by atoms with E-state index in [2.05, 4.69) is 30.6 Å². The fraction of sp³-hybridized carbons (Fsp3) is 0.310. The minimum Gasteiger partial charge on any atom is -0.484 e. The molecule has 2 aromatic heterocycles. The van der Waals surface area contributed by atoms with Gasteiger partial charge < -0.3 is 18.9 Å². The van der Waals surface area contributed by atoms with Crippen molar-refractivity contribution in [3.05, 3.63) is 86.1 Å². The van der Waals surface area contributed by atoms with Gasteiger partial charge in [-0.15, -0.1) is 0 Å². The fourth-order valence-corrected chi connectivity index (χ4v) is 5.08. The smallest absolute Gasteiger partial charge is 0.282 e. The molecule has 1 aliphatic heterocycles. The highest BCUT2D eigenvalue weighted by Gasteiger charge is 2.17. The van der Waals surface area contributed by atoms with E-state index in [0.717, 1.165) is 27.1 Å². The van der Waals surface area contributed by atoms with E-state index in [-0.39, 0.29) is 18.1 Å². The van der Waals surface area contributed by atoms with Gasteiger partial charge in [0.25, 0.3) is 11.5 Å². The van der Waals surface area contributed by atoms with Crippen LogP contribution in [-0.4, -0.2) is 64.2 Å². The number of aromatic nitrogens is 3. The Labute approximate surface area is 234 Å². The van der Waals surface area contributed by atoms with Crippen LogP contribution in [0.1, 0.15) is 29.7 Å². The highest BCUT2D eigenvalue weighted by Crippen LogP contribution is 2.23. The van der Waals surface area contributed by atoms with E-state index in [1.807, 2.05) is 63.2 Å². The lowest BCUT2D eigenvalue weighted by Crippen LogP contribution is -2.42. The van der Waals surface area contributed by atoms with Crippen molar-refractivity contribution in [2.75, 3.05) is 32.9 Å². The van der Waals surface area contributed by atoms with Crippen LogP contribution in [0.25, 0.3) is 16.6 Å². The van der Waals surface area contributed by atoms with Crippen molar-refractivity contribution >= 4 is 39.0 Å². The highest BCUT2D eigenvalue weighted by molar-refractivity contribution is 9.10. The molecule has 202 valence electrons. The monoisotopic (exact) mass is 591 g/mol. The number of amides is 1. The molecule has 0 bridgehead atoms. The molecule has 0 atom stereocenters. The van der Waals surface area contributed by atoms with Gasteiger partial charge in [0.1, 0.15) is 11.6 Å². The molecule has 1 aliphatic rings. The van der Waals surface area contributed by atoms with Gasteiger partial charge in [-0.3, -0.25) is 9.59 Å². The van der Waals surface area contributed by atoms with Crippen LogP contribution in [0, 0.1) is 13.8 Å². The summed E-state index contributed by atoms with van der Waals surface area (Å²) in [6, 6.07) is 15.2. The Kier molecular flexibility index (Phi) is 7.94. The Morgan fingerprint density at radius 3 is 2.59 bits per heavy atom. The summed E-state index contributed by atoms with van der Waals surface area (Å²) >= 11 is 3.43. The second-order valence-corrected chi connectivity index (χ2v) is 10.3. The van der Waals surface area contributed by atoms with E-state index < -0.39 is 0 Å². The summed E-state index contributed by atoms with van der Waals surface area (Å²) in [7, 11) is 0. The minimum atomic E-state index is -0.203. The number of rotatable bonds is 7. The van der Waals surface area contributed by atoms with Gasteiger partial charge in [0, 0.05) is 46.6 Å². The molecule has 9 nitrogen and oxygen atoms in total. The number of carbonyl (C=O) groups is 1. The number of benzene rings is 2. The molecule has 39 heavy (non-hydrogen) atoms. The van der Waals surface area contributed by atoms with Crippen molar-refractivity contribution < 1.29 is 14.3 Å². The lowest BCUT2D eigenvalue weighted by Gasteiger charge is -2.26. The average Bonchev–Trinajstić information content (AvgIpc) is 3.24. The molecule has 0 spiro atoms. The quantitative estimate of drug-likeness (QED) is 0.300. The molecule has 2 aromatic carbocycles. The summed E-state index contributed by atoms with van der Waals surface area (Å²) in [4.78, 5) is 32.0. The Morgan fingerprint density at radius 2 is 1.87 bits per heavy atom. The molecule has 0 unspecified atom stereocenters. The van der Waals surface area contributed by atoms with E-state index in [0.29, 0.717) is 55.2 Å². The van der Waals surface area contributed by atoms with Crippen molar-refractivity contribution in [2.45, 2.75) is 27.2 Å². The summed E-state index contributed by atoms with van der Waals surface area (Å²) in [5.41, 5.74) is 4.31. The number of hydrogen-bond donors (Lipinski definition) is 0. The zero-order valence-corrected chi connectivity index (χ0v) is 23.8.